The number of fused-ring (bicyclic) bond motifs is 1. The molecular weight excluding hydrogens is 508 g/mol. The highest BCUT2D eigenvalue weighted by atomic mass is 16.5. The number of aryl methyl sites for hydroxylation is 3. The summed E-state index contributed by atoms with van der Waals surface area (Å²) < 4.78 is 11.6. The molecule has 2 aromatic rings. The van der Waals surface area contributed by atoms with Crippen molar-refractivity contribution in [3.05, 3.63) is 64.2 Å². The molecule has 0 saturated carbocycles. The first-order valence-electron chi connectivity index (χ1n) is 15.7. The van der Waals surface area contributed by atoms with Gasteiger partial charge in [0.1, 0.15) is 5.75 Å². The van der Waals surface area contributed by atoms with E-state index in [9.17, 15) is 4.79 Å². The highest BCUT2D eigenvalue weighted by molar-refractivity contribution is 5.84. The van der Waals surface area contributed by atoms with Crippen LogP contribution in [0.15, 0.2) is 36.4 Å². The number of esters is 1. The predicted octanol–water partition coefficient (Wildman–Crippen LogP) is 7.65. The van der Waals surface area contributed by atoms with E-state index in [2.05, 4.69) is 56.3 Å². The highest BCUT2D eigenvalue weighted by Gasteiger charge is 2.38. The van der Waals surface area contributed by atoms with E-state index in [0.29, 0.717) is 26.1 Å². The zero-order valence-electron chi connectivity index (χ0n) is 26.5. The van der Waals surface area contributed by atoms with Crippen LogP contribution in [0.2, 0.25) is 0 Å². The Kier molecular flexibility index (Phi) is 12.0. The first-order chi connectivity index (χ1) is 19.4. The zero-order chi connectivity index (χ0) is 30.0. The van der Waals surface area contributed by atoms with Crippen molar-refractivity contribution in [2.45, 2.75) is 117 Å². The number of allylic oxidation sites excluding steroid dienone is 1. The van der Waals surface area contributed by atoms with E-state index in [0.717, 1.165) is 31.4 Å². The summed E-state index contributed by atoms with van der Waals surface area (Å²) in [5.74, 6) is 0.573. The molecule has 41 heavy (non-hydrogen) atoms. The number of hydrogen-bond donors (Lipinski definition) is 2. The monoisotopic (exact) mass is 562 g/mol. The molecule has 0 heterocycles. The Bertz CT molecular complexity index is 1180. The standard InChI is InChI=1S/C36H54N2O3/c1-7-9-10-13-26-16-19-32(27(8-2)22-26)30-15-11-14-28-24-31(18-17-29(28)23-30)40-20-12-21-41-34(39)36(5,6)33(37)25-35(3,4)38/h16-19,22-24,33H,7-15,20-21,25,37-38H2,1-6H3. The Morgan fingerprint density at radius 1 is 0.976 bits per heavy atom. The summed E-state index contributed by atoms with van der Waals surface area (Å²) in [6, 6.07) is 13.2. The van der Waals surface area contributed by atoms with Gasteiger partial charge < -0.3 is 20.9 Å². The van der Waals surface area contributed by atoms with Gasteiger partial charge in [0.15, 0.2) is 0 Å². The number of ether oxygens (including phenoxy) is 2. The van der Waals surface area contributed by atoms with Crippen molar-refractivity contribution in [2.24, 2.45) is 16.9 Å². The van der Waals surface area contributed by atoms with Gasteiger partial charge in [0, 0.05) is 18.0 Å². The van der Waals surface area contributed by atoms with E-state index < -0.39 is 11.0 Å². The molecule has 4 N–H and O–H groups in total. The molecule has 0 spiro atoms. The number of unbranched alkanes of at least 4 members (excludes halogenated alkanes) is 2. The molecule has 0 saturated heterocycles. The summed E-state index contributed by atoms with van der Waals surface area (Å²) in [6.45, 7) is 12.8. The molecule has 0 aliphatic heterocycles. The molecule has 5 heteroatoms. The van der Waals surface area contributed by atoms with Gasteiger partial charge in [-0.15, -0.1) is 0 Å². The minimum atomic E-state index is -0.796. The summed E-state index contributed by atoms with van der Waals surface area (Å²) >= 11 is 0. The van der Waals surface area contributed by atoms with E-state index in [1.54, 1.807) is 0 Å². The van der Waals surface area contributed by atoms with Crippen LogP contribution in [0.4, 0.5) is 0 Å². The number of carbonyl (C=O) groups excluding carboxylic acids is 1. The normalized spacial score (nSPS) is 14.6. The largest absolute Gasteiger partial charge is 0.493 e. The van der Waals surface area contributed by atoms with Crippen LogP contribution in [0.25, 0.3) is 11.6 Å². The summed E-state index contributed by atoms with van der Waals surface area (Å²) in [4.78, 5) is 12.7. The minimum Gasteiger partial charge on any atom is -0.493 e. The quantitative estimate of drug-likeness (QED) is 0.172. The summed E-state index contributed by atoms with van der Waals surface area (Å²) in [5, 5.41) is 0. The smallest absolute Gasteiger partial charge is 0.313 e. The predicted molar refractivity (Wildman–Crippen MR) is 172 cm³/mol. The summed E-state index contributed by atoms with van der Waals surface area (Å²) in [7, 11) is 0. The average molecular weight is 563 g/mol. The van der Waals surface area contributed by atoms with Gasteiger partial charge in [0.2, 0.25) is 0 Å². The SMILES string of the molecule is CCCCCc1ccc(C2=Cc3ccc(OCCCOC(=O)C(C)(C)C(N)CC(C)(C)N)cc3CCC2)c(CC)c1. The van der Waals surface area contributed by atoms with Crippen LogP contribution in [0.5, 0.6) is 5.75 Å². The molecule has 5 nitrogen and oxygen atoms in total. The van der Waals surface area contributed by atoms with E-state index in [1.165, 1.54) is 59.1 Å². The maximum absolute atomic E-state index is 12.7. The fourth-order valence-electron chi connectivity index (χ4n) is 5.53. The van der Waals surface area contributed by atoms with Gasteiger partial charge >= 0.3 is 5.97 Å². The van der Waals surface area contributed by atoms with Crippen molar-refractivity contribution in [1.29, 1.82) is 0 Å². The van der Waals surface area contributed by atoms with Gasteiger partial charge in [-0.05, 0) is 118 Å². The Labute approximate surface area is 249 Å². The summed E-state index contributed by atoms with van der Waals surface area (Å²) in [6.07, 6.45) is 12.8. The lowest BCUT2D eigenvalue weighted by molar-refractivity contribution is -0.155. The van der Waals surface area contributed by atoms with E-state index >= 15 is 0 Å². The summed E-state index contributed by atoms with van der Waals surface area (Å²) in [5.41, 5.74) is 19.5. The Balaban J connectivity index is 1.56. The molecule has 1 atom stereocenters. The second-order valence-corrected chi connectivity index (χ2v) is 13.0. The zero-order valence-corrected chi connectivity index (χ0v) is 26.5. The molecule has 0 radical (unpaired) electrons. The van der Waals surface area contributed by atoms with Gasteiger partial charge in [-0.25, -0.2) is 0 Å². The third-order valence-corrected chi connectivity index (χ3v) is 8.29. The number of nitrogens with two attached hydrogens (primary N) is 2. The second kappa shape index (κ2) is 15.0. The third kappa shape index (κ3) is 9.72. The van der Waals surface area contributed by atoms with Crippen molar-refractivity contribution in [3.63, 3.8) is 0 Å². The van der Waals surface area contributed by atoms with Crippen LogP contribution in [-0.4, -0.2) is 30.8 Å². The van der Waals surface area contributed by atoms with Crippen LogP contribution >= 0.6 is 0 Å². The van der Waals surface area contributed by atoms with Crippen LogP contribution in [0.1, 0.15) is 114 Å². The number of carbonyl (C=O) groups is 1. The first-order valence-corrected chi connectivity index (χ1v) is 15.7. The second-order valence-electron chi connectivity index (χ2n) is 13.0. The first kappa shape index (κ1) is 32.9. The lowest BCUT2D eigenvalue weighted by Crippen LogP contribution is -2.50. The van der Waals surface area contributed by atoms with E-state index in [1.807, 2.05) is 27.7 Å². The van der Waals surface area contributed by atoms with Crippen LogP contribution in [-0.2, 0) is 28.8 Å². The van der Waals surface area contributed by atoms with Crippen LogP contribution in [0.3, 0.4) is 0 Å². The number of hydrogen-bond acceptors (Lipinski definition) is 5. The molecular formula is C36H54N2O3. The van der Waals surface area contributed by atoms with Crippen molar-refractivity contribution < 1.29 is 14.3 Å². The lowest BCUT2D eigenvalue weighted by Gasteiger charge is -2.33. The minimum absolute atomic E-state index is 0.292. The number of benzene rings is 2. The van der Waals surface area contributed by atoms with E-state index in [-0.39, 0.29) is 12.0 Å². The Hall–Kier alpha value is -2.63. The van der Waals surface area contributed by atoms with Crippen molar-refractivity contribution in [3.8, 4) is 5.75 Å². The van der Waals surface area contributed by atoms with Gasteiger partial charge in [0.25, 0.3) is 0 Å². The van der Waals surface area contributed by atoms with Crippen molar-refractivity contribution in [1.82, 2.24) is 0 Å². The molecule has 1 aliphatic rings. The fourth-order valence-corrected chi connectivity index (χ4v) is 5.53. The van der Waals surface area contributed by atoms with Crippen LogP contribution < -0.4 is 16.2 Å². The topological polar surface area (TPSA) is 87.6 Å². The molecule has 0 aromatic heterocycles. The third-order valence-electron chi connectivity index (χ3n) is 8.29. The highest BCUT2D eigenvalue weighted by Crippen LogP contribution is 2.34. The van der Waals surface area contributed by atoms with Gasteiger partial charge in [-0.2, -0.15) is 0 Å². The molecule has 1 unspecified atom stereocenters. The Morgan fingerprint density at radius 2 is 1.76 bits per heavy atom. The molecule has 1 aliphatic carbocycles. The van der Waals surface area contributed by atoms with Crippen molar-refractivity contribution in [2.75, 3.05) is 13.2 Å². The molecule has 0 amide bonds. The lowest BCUT2D eigenvalue weighted by atomic mass is 9.79. The number of rotatable bonds is 15. The molecule has 0 fully saturated rings. The fraction of sp³-hybridized carbons (Fsp3) is 0.583. The van der Waals surface area contributed by atoms with Gasteiger partial charge in [0.05, 0.1) is 18.6 Å². The van der Waals surface area contributed by atoms with Gasteiger partial charge in [-0.1, -0.05) is 57.0 Å². The Morgan fingerprint density at radius 3 is 2.46 bits per heavy atom. The van der Waals surface area contributed by atoms with E-state index in [4.69, 9.17) is 20.9 Å². The van der Waals surface area contributed by atoms with Gasteiger partial charge in [-0.3, -0.25) is 4.79 Å². The maximum atomic E-state index is 12.7. The molecule has 0 bridgehead atoms. The molecule has 3 rings (SSSR count). The average Bonchev–Trinajstić information content (AvgIpc) is 3.13. The maximum Gasteiger partial charge on any atom is 0.313 e. The molecule has 226 valence electrons. The molecule has 2 aromatic carbocycles. The van der Waals surface area contributed by atoms with Crippen LogP contribution in [0, 0.1) is 5.41 Å². The van der Waals surface area contributed by atoms with Crippen molar-refractivity contribution >= 4 is 17.6 Å².